The van der Waals surface area contributed by atoms with Gasteiger partial charge in [0.25, 0.3) is 0 Å². The van der Waals surface area contributed by atoms with E-state index in [-0.39, 0.29) is 24.9 Å². The summed E-state index contributed by atoms with van der Waals surface area (Å²) < 4.78 is 18.3. The largest absolute Gasteiger partial charge is 0.450 e. The van der Waals surface area contributed by atoms with E-state index in [2.05, 4.69) is 16.0 Å². The van der Waals surface area contributed by atoms with Gasteiger partial charge in [-0.2, -0.15) is 0 Å². The summed E-state index contributed by atoms with van der Waals surface area (Å²) in [5.74, 6) is -0.176. The van der Waals surface area contributed by atoms with Gasteiger partial charge in [0.15, 0.2) is 0 Å². The van der Waals surface area contributed by atoms with Crippen LogP contribution in [0.5, 0.6) is 0 Å². The second-order valence-electron chi connectivity index (χ2n) is 5.51. The number of rotatable bonds is 7. The van der Waals surface area contributed by atoms with Gasteiger partial charge in [-0.3, -0.25) is 0 Å². The predicted octanol–water partition coefficient (Wildman–Crippen LogP) is 3.11. The molecule has 6 nitrogen and oxygen atoms in total. The Morgan fingerprint density at radius 3 is 2.57 bits per heavy atom. The molecule has 0 aliphatic heterocycles. The number of amides is 3. The molecule has 1 aromatic rings. The molecule has 3 amide bonds. The van der Waals surface area contributed by atoms with Crippen LogP contribution in [0.3, 0.4) is 0 Å². The van der Waals surface area contributed by atoms with Crippen LogP contribution in [0.15, 0.2) is 24.3 Å². The number of anilines is 1. The van der Waals surface area contributed by atoms with Crippen LogP contribution in [-0.4, -0.2) is 31.3 Å². The molecular weight excluding hydrogens is 301 g/mol. The minimum atomic E-state index is -0.533. The van der Waals surface area contributed by atoms with E-state index in [9.17, 15) is 14.0 Å². The lowest BCUT2D eigenvalue weighted by atomic mass is 10.0. The molecule has 0 fully saturated rings. The molecule has 0 heterocycles. The first-order valence-electron chi connectivity index (χ1n) is 7.65. The van der Waals surface area contributed by atoms with Crippen molar-refractivity contribution in [3.05, 3.63) is 30.1 Å². The van der Waals surface area contributed by atoms with Crippen LogP contribution < -0.4 is 16.0 Å². The van der Waals surface area contributed by atoms with Gasteiger partial charge in [0, 0.05) is 12.6 Å². The quantitative estimate of drug-likeness (QED) is 0.720. The highest BCUT2D eigenvalue weighted by Gasteiger charge is 2.16. The van der Waals surface area contributed by atoms with Crippen molar-refractivity contribution in [3.8, 4) is 0 Å². The zero-order chi connectivity index (χ0) is 17.2. The molecule has 128 valence electrons. The van der Waals surface area contributed by atoms with Gasteiger partial charge in [-0.05, 0) is 31.4 Å². The van der Waals surface area contributed by atoms with Gasteiger partial charge < -0.3 is 20.7 Å². The van der Waals surface area contributed by atoms with Gasteiger partial charge >= 0.3 is 12.1 Å². The minimum Gasteiger partial charge on any atom is -0.450 e. The molecule has 0 saturated carbocycles. The second-order valence-corrected chi connectivity index (χ2v) is 5.51. The third-order valence-corrected chi connectivity index (χ3v) is 2.98. The van der Waals surface area contributed by atoms with E-state index in [1.165, 1.54) is 12.1 Å². The molecule has 0 bridgehead atoms. The monoisotopic (exact) mass is 325 g/mol. The Labute approximate surface area is 135 Å². The molecule has 1 aromatic carbocycles. The fraction of sp³-hybridized carbons (Fsp3) is 0.500. The van der Waals surface area contributed by atoms with E-state index in [0.29, 0.717) is 12.3 Å². The maximum atomic E-state index is 13.5. The Balaban J connectivity index is 2.51. The first-order chi connectivity index (χ1) is 10.9. The van der Waals surface area contributed by atoms with Crippen molar-refractivity contribution in [1.82, 2.24) is 10.6 Å². The van der Waals surface area contributed by atoms with Gasteiger partial charge in [0.05, 0.1) is 12.3 Å². The summed E-state index contributed by atoms with van der Waals surface area (Å²) in [6.07, 6.45) is 0.160. The lowest BCUT2D eigenvalue weighted by Crippen LogP contribution is -2.45. The summed E-state index contributed by atoms with van der Waals surface area (Å²) in [7, 11) is 0. The lowest BCUT2D eigenvalue weighted by molar-refractivity contribution is 0.146. The van der Waals surface area contributed by atoms with E-state index < -0.39 is 17.9 Å². The molecule has 0 radical (unpaired) electrons. The number of carbonyl (C=O) groups excluding carboxylic acids is 2. The standard InChI is InChI=1S/C16H24FN3O3/c1-4-23-16(22)19-12(9-11(2)3)10-18-15(21)20-14-8-6-5-7-13(14)17/h5-8,11-12H,4,9-10H2,1-3H3,(H,19,22)(H2,18,20,21)/t12-/m1/s1. The molecular formula is C16H24FN3O3. The zero-order valence-electron chi connectivity index (χ0n) is 13.7. The SMILES string of the molecule is CCOC(=O)N[C@@H](CNC(=O)Nc1ccccc1F)CC(C)C. The number of benzene rings is 1. The van der Waals surface area contributed by atoms with Gasteiger partial charge in [-0.25, -0.2) is 14.0 Å². The number of alkyl carbamates (subject to hydrolysis) is 1. The number of hydrogen-bond donors (Lipinski definition) is 3. The average molecular weight is 325 g/mol. The van der Waals surface area contributed by atoms with Crippen molar-refractivity contribution in [2.75, 3.05) is 18.5 Å². The van der Waals surface area contributed by atoms with E-state index >= 15 is 0 Å². The zero-order valence-corrected chi connectivity index (χ0v) is 13.7. The molecule has 0 aliphatic carbocycles. The fourth-order valence-corrected chi connectivity index (χ4v) is 2.05. The molecule has 0 spiro atoms. The van der Waals surface area contributed by atoms with Crippen molar-refractivity contribution in [2.45, 2.75) is 33.2 Å². The topological polar surface area (TPSA) is 79.5 Å². The highest BCUT2D eigenvalue weighted by molar-refractivity contribution is 5.89. The normalized spacial score (nSPS) is 11.7. The lowest BCUT2D eigenvalue weighted by Gasteiger charge is -2.21. The summed E-state index contributed by atoms with van der Waals surface area (Å²) in [6, 6.07) is 5.11. The van der Waals surface area contributed by atoms with Gasteiger partial charge in [-0.1, -0.05) is 26.0 Å². The van der Waals surface area contributed by atoms with E-state index in [0.717, 1.165) is 0 Å². The highest BCUT2D eigenvalue weighted by Crippen LogP contribution is 2.12. The first kappa shape index (κ1) is 18.7. The number of nitrogens with one attached hydrogen (secondary N) is 3. The average Bonchev–Trinajstić information content (AvgIpc) is 2.47. The van der Waals surface area contributed by atoms with Crippen LogP contribution in [-0.2, 0) is 4.74 Å². The van der Waals surface area contributed by atoms with Crippen LogP contribution in [0, 0.1) is 11.7 Å². The smallest absolute Gasteiger partial charge is 0.407 e. The Hall–Kier alpha value is -2.31. The Morgan fingerprint density at radius 2 is 1.96 bits per heavy atom. The van der Waals surface area contributed by atoms with E-state index in [1.807, 2.05) is 13.8 Å². The van der Waals surface area contributed by atoms with E-state index in [4.69, 9.17) is 4.74 Å². The summed E-state index contributed by atoms with van der Waals surface area (Å²) in [5, 5.41) is 7.75. The number of para-hydroxylation sites is 1. The molecule has 23 heavy (non-hydrogen) atoms. The van der Waals surface area contributed by atoms with Crippen LogP contribution in [0.4, 0.5) is 19.7 Å². The third-order valence-electron chi connectivity index (χ3n) is 2.98. The van der Waals surface area contributed by atoms with Crippen LogP contribution in [0.1, 0.15) is 27.2 Å². The number of ether oxygens (including phenoxy) is 1. The summed E-state index contributed by atoms with van der Waals surface area (Å²) in [5.41, 5.74) is 0.101. The Morgan fingerprint density at radius 1 is 1.26 bits per heavy atom. The van der Waals surface area contributed by atoms with E-state index in [1.54, 1.807) is 19.1 Å². The number of carbonyl (C=O) groups is 2. The summed E-state index contributed by atoms with van der Waals surface area (Å²) in [6.45, 7) is 6.24. The maximum Gasteiger partial charge on any atom is 0.407 e. The number of urea groups is 1. The molecule has 0 aliphatic rings. The van der Waals surface area contributed by atoms with Crippen LogP contribution >= 0.6 is 0 Å². The van der Waals surface area contributed by atoms with Crippen LogP contribution in [0.25, 0.3) is 0 Å². The van der Waals surface area contributed by atoms with Crippen molar-refractivity contribution < 1.29 is 18.7 Å². The summed E-state index contributed by atoms with van der Waals surface area (Å²) >= 11 is 0. The van der Waals surface area contributed by atoms with Crippen LogP contribution in [0.2, 0.25) is 0 Å². The van der Waals surface area contributed by atoms with Crippen molar-refractivity contribution in [2.24, 2.45) is 5.92 Å². The fourth-order valence-electron chi connectivity index (χ4n) is 2.05. The van der Waals surface area contributed by atoms with Crippen molar-refractivity contribution in [3.63, 3.8) is 0 Å². The molecule has 0 saturated heterocycles. The Kier molecular flexibility index (Phi) is 7.87. The van der Waals surface area contributed by atoms with Gasteiger partial charge in [-0.15, -0.1) is 0 Å². The second kappa shape index (κ2) is 9.66. The van der Waals surface area contributed by atoms with Crippen molar-refractivity contribution >= 4 is 17.8 Å². The van der Waals surface area contributed by atoms with Gasteiger partial charge in [0.1, 0.15) is 5.82 Å². The van der Waals surface area contributed by atoms with Gasteiger partial charge in [0.2, 0.25) is 0 Å². The number of halogens is 1. The highest BCUT2D eigenvalue weighted by atomic mass is 19.1. The predicted molar refractivity (Wildman–Crippen MR) is 86.8 cm³/mol. The summed E-state index contributed by atoms with van der Waals surface area (Å²) in [4.78, 5) is 23.3. The molecule has 7 heteroatoms. The third kappa shape index (κ3) is 7.49. The first-order valence-corrected chi connectivity index (χ1v) is 7.65. The molecule has 0 unspecified atom stereocenters. The van der Waals surface area contributed by atoms with Crippen molar-refractivity contribution in [1.29, 1.82) is 0 Å². The Bertz CT molecular complexity index is 523. The minimum absolute atomic E-state index is 0.101. The number of hydrogen-bond acceptors (Lipinski definition) is 3. The maximum absolute atomic E-state index is 13.5. The molecule has 3 N–H and O–H groups in total. The molecule has 0 aromatic heterocycles. The molecule has 1 rings (SSSR count). The molecule has 1 atom stereocenters.